The first-order valence-corrected chi connectivity index (χ1v) is 10.0. The summed E-state index contributed by atoms with van der Waals surface area (Å²) in [6, 6.07) is 36.2. The van der Waals surface area contributed by atoms with Gasteiger partial charge in [0.1, 0.15) is 0 Å². The highest BCUT2D eigenvalue weighted by atomic mass is 19.1. The van der Waals surface area contributed by atoms with E-state index in [9.17, 15) is 4.32 Å². The van der Waals surface area contributed by atoms with E-state index in [4.69, 9.17) is 0 Å². The molecular weight excluding hydrogens is 354 g/mol. The van der Waals surface area contributed by atoms with E-state index in [1.165, 1.54) is 43.8 Å². The van der Waals surface area contributed by atoms with E-state index in [1.54, 1.807) is 0 Å². The molecule has 5 aromatic rings. The Bertz CT molecular complexity index is 1230. The monoisotopic (exact) mass is 374 g/mol. The zero-order valence-corrected chi connectivity index (χ0v) is 16.1. The second kappa shape index (κ2) is 7.56. The third kappa shape index (κ3) is 3.11. The molecule has 0 fully saturated rings. The van der Waals surface area contributed by atoms with Gasteiger partial charge in [-0.25, -0.2) is 0 Å². The van der Waals surface area contributed by atoms with Crippen molar-refractivity contribution in [3.8, 4) is 22.3 Å². The van der Waals surface area contributed by atoms with Crippen molar-refractivity contribution in [3.63, 3.8) is 0 Å². The van der Waals surface area contributed by atoms with Gasteiger partial charge in [-0.3, -0.25) is 0 Å². The van der Waals surface area contributed by atoms with Crippen LogP contribution in [0.2, 0.25) is 0 Å². The smallest absolute Gasteiger partial charge is 0.335 e. The molecular formula is C27H20BF. The second-order valence-electron chi connectivity index (χ2n) is 7.34. The Labute approximate surface area is 170 Å². The summed E-state index contributed by atoms with van der Waals surface area (Å²) in [5, 5.41) is 4.98. The van der Waals surface area contributed by atoms with Crippen LogP contribution >= 0.6 is 0 Å². The molecule has 5 aromatic carbocycles. The largest absolute Gasteiger partial charge is 0.341 e. The summed E-state index contributed by atoms with van der Waals surface area (Å²) in [5.41, 5.74) is 5.94. The maximum Gasteiger partial charge on any atom is 0.335 e. The Morgan fingerprint density at radius 3 is 1.34 bits per heavy atom. The van der Waals surface area contributed by atoms with E-state index >= 15 is 0 Å². The first-order valence-electron chi connectivity index (χ1n) is 10.0. The van der Waals surface area contributed by atoms with Gasteiger partial charge >= 0.3 is 7.56 Å². The molecule has 0 aliphatic heterocycles. The van der Waals surface area contributed by atoms with Crippen LogP contribution in [0.4, 0.5) is 4.32 Å². The molecule has 0 aliphatic rings. The average Bonchev–Trinajstić information content (AvgIpc) is 2.79. The Kier molecular flexibility index (Phi) is 4.61. The lowest BCUT2D eigenvalue weighted by Crippen LogP contribution is -1.92. The molecule has 0 heterocycles. The molecule has 5 rings (SSSR count). The maximum atomic E-state index is 12.7. The van der Waals surface area contributed by atoms with Gasteiger partial charge in [-0.15, -0.1) is 0 Å². The van der Waals surface area contributed by atoms with E-state index in [0.717, 1.165) is 5.56 Å². The number of hydrogen-bond acceptors (Lipinski definition) is 0. The van der Waals surface area contributed by atoms with Crippen LogP contribution in [0.5, 0.6) is 0 Å². The number of hydrogen-bond donors (Lipinski definition) is 0. The minimum absolute atomic E-state index is 0.322. The van der Waals surface area contributed by atoms with Gasteiger partial charge in [-0.05, 0) is 50.1 Å². The lowest BCUT2D eigenvalue weighted by molar-refractivity contribution is 0.859. The zero-order chi connectivity index (χ0) is 19.6. The Morgan fingerprint density at radius 1 is 0.483 bits per heavy atom. The third-order valence-corrected chi connectivity index (χ3v) is 5.62. The van der Waals surface area contributed by atoms with Crippen LogP contribution in [0.25, 0.3) is 43.8 Å². The zero-order valence-electron chi connectivity index (χ0n) is 16.1. The normalized spacial score (nSPS) is 11.1. The van der Waals surface area contributed by atoms with Gasteiger partial charge in [0, 0.05) is 0 Å². The number of benzene rings is 5. The number of fused-ring (bicyclic) bond motifs is 2. The van der Waals surface area contributed by atoms with Gasteiger partial charge in [0.05, 0.1) is 0 Å². The average molecular weight is 374 g/mol. The maximum absolute atomic E-state index is 12.7. The van der Waals surface area contributed by atoms with Gasteiger partial charge in [0.2, 0.25) is 0 Å². The molecule has 0 aromatic heterocycles. The molecule has 0 atom stereocenters. The predicted molar refractivity (Wildman–Crippen MR) is 124 cm³/mol. The fourth-order valence-corrected chi connectivity index (χ4v) is 4.30. The van der Waals surface area contributed by atoms with Crippen LogP contribution in [-0.2, 0) is 6.32 Å². The molecule has 2 heteroatoms. The number of rotatable bonds is 4. The minimum Gasteiger partial charge on any atom is -0.341 e. The van der Waals surface area contributed by atoms with Crippen LogP contribution in [0.1, 0.15) is 5.56 Å². The van der Waals surface area contributed by atoms with Crippen molar-refractivity contribution in [2.24, 2.45) is 0 Å². The van der Waals surface area contributed by atoms with Gasteiger partial charge in [0.15, 0.2) is 0 Å². The second-order valence-corrected chi connectivity index (χ2v) is 7.34. The van der Waals surface area contributed by atoms with Crippen molar-refractivity contribution in [1.82, 2.24) is 0 Å². The molecule has 29 heavy (non-hydrogen) atoms. The molecule has 138 valence electrons. The van der Waals surface area contributed by atoms with Gasteiger partial charge < -0.3 is 4.32 Å². The standard InChI is InChI=1S/C27H20BF/c29-28-18-19-14-16-21(17-15-19)27-24-12-6-4-10-22(24)26(20-8-2-1-3-9-20)23-11-5-7-13-25(23)27/h1-17,28H,18H2. The summed E-state index contributed by atoms with van der Waals surface area (Å²) < 4.78 is 12.7. The van der Waals surface area contributed by atoms with Gasteiger partial charge in [-0.1, -0.05) is 109 Å². The van der Waals surface area contributed by atoms with Crippen molar-refractivity contribution in [1.29, 1.82) is 0 Å². The van der Waals surface area contributed by atoms with Crippen molar-refractivity contribution in [3.05, 3.63) is 109 Å². The predicted octanol–water partition coefficient (Wildman–Crippen LogP) is 7.15. The van der Waals surface area contributed by atoms with E-state index < -0.39 is 0 Å². The molecule has 0 spiro atoms. The highest BCUT2D eigenvalue weighted by Gasteiger charge is 2.15. The first kappa shape index (κ1) is 17.7. The minimum atomic E-state index is -0.322. The molecule has 0 bridgehead atoms. The molecule has 0 unspecified atom stereocenters. The van der Waals surface area contributed by atoms with E-state index in [0.29, 0.717) is 6.32 Å². The molecule has 0 amide bonds. The summed E-state index contributed by atoms with van der Waals surface area (Å²) in [5.74, 6) is 0. The lowest BCUT2D eigenvalue weighted by atomic mass is 9.85. The summed E-state index contributed by atoms with van der Waals surface area (Å²) in [6.07, 6.45) is 0.467. The number of halogens is 1. The highest BCUT2D eigenvalue weighted by molar-refractivity contribution is 6.25. The molecule has 0 aliphatic carbocycles. The van der Waals surface area contributed by atoms with Crippen LogP contribution < -0.4 is 0 Å². The van der Waals surface area contributed by atoms with E-state index in [-0.39, 0.29) is 7.56 Å². The van der Waals surface area contributed by atoms with Crippen LogP contribution in [-0.4, -0.2) is 7.56 Å². The first-order chi connectivity index (χ1) is 14.4. The lowest BCUT2D eigenvalue weighted by Gasteiger charge is -2.17. The summed E-state index contributed by atoms with van der Waals surface area (Å²) in [7, 11) is -0.322. The van der Waals surface area contributed by atoms with Crippen molar-refractivity contribution >= 4 is 29.1 Å². The molecule has 0 saturated heterocycles. The van der Waals surface area contributed by atoms with Crippen LogP contribution in [0.3, 0.4) is 0 Å². The summed E-state index contributed by atoms with van der Waals surface area (Å²) in [6.45, 7) is 0. The third-order valence-electron chi connectivity index (χ3n) is 5.62. The Morgan fingerprint density at radius 2 is 0.897 bits per heavy atom. The molecule has 0 nitrogen and oxygen atoms in total. The molecule has 0 N–H and O–H groups in total. The van der Waals surface area contributed by atoms with Crippen molar-refractivity contribution in [2.45, 2.75) is 6.32 Å². The Hall–Kier alpha value is -3.39. The van der Waals surface area contributed by atoms with E-state index in [2.05, 4.69) is 91.0 Å². The van der Waals surface area contributed by atoms with Crippen molar-refractivity contribution in [2.75, 3.05) is 0 Å². The van der Waals surface area contributed by atoms with Gasteiger partial charge in [-0.2, -0.15) is 0 Å². The SMILES string of the molecule is FBCc1ccc(-c2c3ccccc3c(-c3ccccc3)c3ccccc23)cc1. The Balaban J connectivity index is 1.88. The molecule has 0 saturated carbocycles. The van der Waals surface area contributed by atoms with E-state index in [1.807, 2.05) is 12.1 Å². The highest BCUT2D eigenvalue weighted by Crippen LogP contribution is 2.43. The summed E-state index contributed by atoms with van der Waals surface area (Å²) in [4.78, 5) is 0. The summed E-state index contributed by atoms with van der Waals surface area (Å²) >= 11 is 0. The quantitative estimate of drug-likeness (QED) is 0.231. The molecule has 0 radical (unpaired) electrons. The van der Waals surface area contributed by atoms with Crippen molar-refractivity contribution < 1.29 is 4.32 Å². The van der Waals surface area contributed by atoms with Crippen LogP contribution in [0.15, 0.2) is 103 Å². The fraction of sp³-hybridized carbons (Fsp3) is 0.0370. The fourth-order valence-electron chi connectivity index (χ4n) is 4.30. The van der Waals surface area contributed by atoms with Crippen LogP contribution in [0, 0.1) is 0 Å². The van der Waals surface area contributed by atoms with Gasteiger partial charge in [0.25, 0.3) is 0 Å². The topological polar surface area (TPSA) is 0 Å².